The molecule has 0 aromatic rings. The summed E-state index contributed by atoms with van der Waals surface area (Å²) in [6.07, 6.45) is 1.90. The van der Waals surface area contributed by atoms with Gasteiger partial charge in [0.1, 0.15) is 0 Å². The van der Waals surface area contributed by atoms with E-state index >= 15 is 0 Å². The van der Waals surface area contributed by atoms with Gasteiger partial charge in [0.25, 0.3) is 0 Å². The summed E-state index contributed by atoms with van der Waals surface area (Å²) in [5, 5.41) is 0. The van der Waals surface area contributed by atoms with Crippen molar-refractivity contribution in [1.29, 1.82) is 0 Å². The van der Waals surface area contributed by atoms with Crippen LogP contribution in [0.5, 0.6) is 0 Å². The van der Waals surface area contributed by atoms with Gasteiger partial charge in [0.05, 0.1) is 6.54 Å². The molecule has 2 N–H and O–H groups in total. The summed E-state index contributed by atoms with van der Waals surface area (Å²) in [4.78, 5) is 23.5. The normalized spacial score (nSPS) is 24.2. The maximum atomic E-state index is 11.4. The fourth-order valence-electron chi connectivity index (χ4n) is 1.48. The highest BCUT2D eigenvalue weighted by Gasteiger charge is 2.25. The number of primary amides is 1. The van der Waals surface area contributed by atoms with Crippen LogP contribution in [0.15, 0.2) is 0 Å². The van der Waals surface area contributed by atoms with Crippen LogP contribution < -0.4 is 5.73 Å². The van der Waals surface area contributed by atoms with E-state index in [1.807, 2.05) is 6.92 Å². The Kier molecular flexibility index (Phi) is 2.68. The van der Waals surface area contributed by atoms with Gasteiger partial charge in [0, 0.05) is 12.5 Å². The zero-order valence-corrected chi connectivity index (χ0v) is 7.25. The third-order valence-corrected chi connectivity index (χ3v) is 2.15. The lowest BCUT2D eigenvalue weighted by Gasteiger charge is -2.29. The van der Waals surface area contributed by atoms with E-state index in [1.165, 1.54) is 4.90 Å². The summed E-state index contributed by atoms with van der Waals surface area (Å²) in [5.74, 6) is -0.324. The van der Waals surface area contributed by atoms with Crippen molar-refractivity contribution in [1.82, 2.24) is 4.90 Å². The Hall–Kier alpha value is -1.06. The Morgan fingerprint density at radius 3 is 3.00 bits per heavy atom. The second-order valence-corrected chi connectivity index (χ2v) is 3.27. The van der Waals surface area contributed by atoms with Gasteiger partial charge in [-0.3, -0.25) is 9.59 Å². The highest BCUT2D eigenvalue weighted by Crippen LogP contribution is 2.16. The Morgan fingerprint density at radius 1 is 1.75 bits per heavy atom. The summed E-state index contributed by atoms with van der Waals surface area (Å²) in [6, 6.07) is 0. The molecule has 1 rings (SSSR count). The largest absolute Gasteiger partial charge is 0.368 e. The molecule has 0 radical (unpaired) electrons. The number of carbonyl (C=O) groups excluding carboxylic acids is 2. The predicted molar refractivity (Wildman–Crippen MR) is 44.2 cm³/mol. The van der Waals surface area contributed by atoms with Gasteiger partial charge in [-0.15, -0.1) is 0 Å². The molecule has 0 aromatic carbocycles. The highest BCUT2D eigenvalue weighted by atomic mass is 16.2. The van der Waals surface area contributed by atoms with E-state index < -0.39 is 5.91 Å². The molecule has 12 heavy (non-hydrogen) atoms. The van der Waals surface area contributed by atoms with E-state index in [-0.39, 0.29) is 18.4 Å². The number of carbonyl (C=O) groups is 2. The molecule has 0 aliphatic carbocycles. The van der Waals surface area contributed by atoms with Crippen molar-refractivity contribution in [2.24, 2.45) is 11.7 Å². The van der Waals surface area contributed by atoms with E-state index in [0.717, 1.165) is 12.8 Å². The molecule has 1 aliphatic rings. The monoisotopic (exact) mass is 170 g/mol. The average Bonchev–Trinajstić information content (AvgIpc) is 1.98. The Balaban J connectivity index is 2.52. The minimum absolute atomic E-state index is 0.0538. The van der Waals surface area contributed by atoms with E-state index in [4.69, 9.17) is 5.73 Å². The van der Waals surface area contributed by atoms with Crippen molar-refractivity contribution in [3.05, 3.63) is 0 Å². The molecule has 0 spiro atoms. The van der Waals surface area contributed by atoms with Crippen molar-refractivity contribution in [3.8, 4) is 0 Å². The van der Waals surface area contributed by atoms with Gasteiger partial charge in [-0.2, -0.15) is 0 Å². The maximum Gasteiger partial charge on any atom is 0.237 e. The molecule has 4 heteroatoms. The first-order chi connectivity index (χ1) is 5.61. The molecule has 1 aliphatic heterocycles. The molecule has 1 fully saturated rings. The topological polar surface area (TPSA) is 63.4 Å². The van der Waals surface area contributed by atoms with Gasteiger partial charge >= 0.3 is 0 Å². The molecular formula is C8H14N2O2. The zero-order valence-electron chi connectivity index (χ0n) is 7.25. The van der Waals surface area contributed by atoms with Crippen LogP contribution in [0.1, 0.15) is 19.8 Å². The van der Waals surface area contributed by atoms with Crippen LogP contribution >= 0.6 is 0 Å². The summed E-state index contributed by atoms with van der Waals surface area (Å²) in [6.45, 7) is 2.63. The summed E-state index contributed by atoms with van der Waals surface area (Å²) in [5.41, 5.74) is 5.00. The number of piperidine rings is 1. The Morgan fingerprint density at radius 2 is 2.42 bits per heavy atom. The van der Waals surface area contributed by atoms with Crippen LogP contribution in [0.2, 0.25) is 0 Å². The minimum atomic E-state index is -0.433. The van der Waals surface area contributed by atoms with Crippen LogP contribution in [-0.4, -0.2) is 29.8 Å². The second kappa shape index (κ2) is 3.56. The maximum absolute atomic E-state index is 11.4. The van der Waals surface area contributed by atoms with Gasteiger partial charge < -0.3 is 10.6 Å². The van der Waals surface area contributed by atoms with Crippen molar-refractivity contribution >= 4 is 11.8 Å². The third kappa shape index (κ3) is 1.96. The van der Waals surface area contributed by atoms with Crippen LogP contribution in [-0.2, 0) is 9.59 Å². The van der Waals surface area contributed by atoms with Crippen molar-refractivity contribution in [3.63, 3.8) is 0 Å². The molecular weight excluding hydrogens is 156 g/mol. The molecule has 1 unspecified atom stereocenters. The molecule has 68 valence electrons. The zero-order chi connectivity index (χ0) is 9.14. The first kappa shape index (κ1) is 9.03. The van der Waals surface area contributed by atoms with Crippen molar-refractivity contribution in [2.45, 2.75) is 19.8 Å². The number of likely N-dealkylation sites (tertiary alicyclic amines) is 1. The van der Waals surface area contributed by atoms with Crippen molar-refractivity contribution < 1.29 is 9.59 Å². The summed E-state index contributed by atoms with van der Waals surface area (Å²) < 4.78 is 0. The lowest BCUT2D eigenvalue weighted by molar-refractivity contribution is -0.140. The first-order valence-corrected chi connectivity index (χ1v) is 4.18. The third-order valence-electron chi connectivity index (χ3n) is 2.15. The molecule has 2 amide bonds. The van der Waals surface area contributed by atoms with Gasteiger partial charge in [0.2, 0.25) is 11.8 Å². The average molecular weight is 170 g/mol. The van der Waals surface area contributed by atoms with E-state index in [1.54, 1.807) is 0 Å². The number of hydrogen-bond acceptors (Lipinski definition) is 2. The summed E-state index contributed by atoms with van der Waals surface area (Å²) >= 11 is 0. The van der Waals surface area contributed by atoms with Crippen LogP contribution in [0.3, 0.4) is 0 Å². The quantitative estimate of drug-likeness (QED) is 0.620. The smallest absolute Gasteiger partial charge is 0.237 e. The van der Waals surface area contributed by atoms with Gasteiger partial charge in [0.15, 0.2) is 0 Å². The number of hydrogen-bond donors (Lipinski definition) is 1. The fourth-order valence-corrected chi connectivity index (χ4v) is 1.48. The van der Waals surface area contributed by atoms with E-state index in [9.17, 15) is 9.59 Å². The minimum Gasteiger partial charge on any atom is -0.368 e. The van der Waals surface area contributed by atoms with Crippen molar-refractivity contribution in [2.75, 3.05) is 13.1 Å². The van der Waals surface area contributed by atoms with Gasteiger partial charge in [-0.05, 0) is 12.8 Å². The first-order valence-electron chi connectivity index (χ1n) is 4.18. The summed E-state index contributed by atoms with van der Waals surface area (Å²) in [7, 11) is 0. The fraction of sp³-hybridized carbons (Fsp3) is 0.750. The molecule has 1 saturated heterocycles. The highest BCUT2D eigenvalue weighted by molar-refractivity contribution is 5.85. The van der Waals surface area contributed by atoms with Crippen LogP contribution in [0, 0.1) is 5.92 Å². The molecule has 1 heterocycles. The molecule has 1 atom stereocenters. The Bertz CT molecular complexity index is 203. The lowest BCUT2D eigenvalue weighted by Crippen LogP contribution is -2.44. The molecule has 0 saturated carbocycles. The van der Waals surface area contributed by atoms with E-state index in [0.29, 0.717) is 6.54 Å². The van der Waals surface area contributed by atoms with Crippen LogP contribution in [0.4, 0.5) is 0 Å². The molecule has 4 nitrogen and oxygen atoms in total. The second-order valence-electron chi connectivity index (χ2n) is 3.27. The molecule has 0 bridgehead atoms. The van der Waals surface area contributed by atoms with Gasteiger partial charge in [-0.1, -0.05) is 6.92 Å². The van der Waals surface area contributed by atoms with Gasteiger partial charge in [-0.25, -0.2) is 0 Å². The Labute approximate surface area is 71.7 Å². The lowest BCUT2D eigenvalue weighted by atomic mass is 9.99. The number of amides is 2. The standard InChI is InChI=1S/C8H14N2O2/c1-6-3-2-4-10(8(6)12)5-7(9)11/h6H,2-5H2,1H3,(H2,9,11). The number of nitrogens with zero attached hydrogens (tertiary/aromatic N) is 1. The number of rotatable bonds is 2. The SMILES string of the molecule is CC1CCCN(CC(N)=O)C1=O. The van der Waals surface area contributed by atoms with E-state index in [2.05, 4.69) is 0 Å². The predicted octanol–water partition coefficient (Wildman–Crippen LogP) is -0.270. The number of nitrogens with two attached hydrogens (primary N) is 1. The van der Waals surface area contributed by atoms with Crippen LogP contribution in [0.25, 0.3) is 0 Å². The molecule has 0 aromatic heterocycles.